The molecule has 0 aromatic carbocycles. The number of carbonyl (C=O) groups is 1. The molecule has 1 fully saturated rings. The van der Waals surface area contributed by atoms with Crippen LogP contribution in [-0.2, 0) is 15.1 Å². The predicted octanol–water partition coefficient (Wildman–Crippen LogP) is 0.859. The van der Waals surface area contributed by atoms with Crippen LogP contribution in [-0.4, -0.2) is 53.6 Å². The van der Waals surface area contributed by atoms with Crippen LogP contribution < -0.4 is 5.32 Å². The number of aryl methyl sites for hydroxylation is 1. The van der Waals surface area contributed by atoms with Gasteiger partial charge in [0, 0.05) is 32.0 Å². The van der Waals surface area contributed by atoms with Gasteiger partial charge in [-0.1, -0.05) is 0 Å². The molecular formula is C15H24N4O2. The van der Waals surface area contributed by atoms with Crippen molar-refractivity contribution in [2.45, 2.75) is 32.7 Å². The van der Waals surface area contributed by atoms with Crippen LogP contribution in [0.5, 0.6) is 0 Å². The summed E-state index contributed by atoms with van der Waals surface area (Å²) in [5.74, 6) is -0.254. The van der Waals surface area contributed by atoms with Crippen molar-refractivity contribution >= 4 is 5.97 Å². The molecule has 1 aromatic heterocycles. The van der Waals surface area contributed by atoms with E-state index in [0.29, 0.717) is 12.3 Å². The van der Waals surface area contributed by atoms with Gasteiger partial charge in [0.15, 0.2) is 5.54 Å². The van der Waals surface area contributed by atoms with Gasteiger partial charge in [0.1, 0.15) is 0 Å². The molecule has 0 spiro atoms. The van der Waals surface area contributed by atoms with E-state index in [0.717, 1.165) is 38.3 Å². The lowest BCUT2D eigenvalue weighted by molar-refractivity contribution is -0.158. The molecule has 0 bridgehead atoms. The SMILES string of the molecule is CCOC(=O)C(C)(c1nccnc1C)N1CCCNCC1. The van der Waals surface area contributed by atoms with Crippen molar-refractivity contribution in [3.05, 3.63) is 23.8 Å². The summed E-state index contributed by atoms with van der Waals surface area (Å²) < 4.78 is 5.34. The Hall–Kier alpha value is -1.53. The molecule has 1 saturated heterocycles. The number of rotatable bonds is 4. The van der Waals surface area contributed by atoms with E-state index in [-0.39, 0.29) is 5.97 Å². The maximum atomic E-state index is 12.7. The second-order valence-corrected chi connectivity index (χ2v) is 5.37. The van der Waals surface area contributed by atoms with E-state index >= 15 is 0 Å². The zero-order chi connectivity index (χ0) is 15.3. The van der Waals surface area contributed by atoms with Gasteiger partial charge in [0.25, 0.3) is 0 Å². The van der Waals surface area contributed by atoms with E-state index in [9.17, 15) is 4.79 Å². The molecule has 1 aliphatic heterocycles. The number of esters is 1. The molecule has 1 N–H and O–H groups in total. The molecule has 6 heteroatoms. The molecule has 0 amide bonds. The second-order valence-electron chi connectivity index (χ2n) is 5.37. The Morgan fingerprint density at radius 2 is 2.14 bits per heavy atom. The van der Waals surface area contributed by atoms with Crippen LogP contribution in [0.15, 0.2) is 12.4 Å². The van der Waals surface area contributed by atoms with E-state index in [1.54, 1.807) is 12.4 Å². The topological polar surface area (TPSA) is 67.3 Å². The normalized spacial score (nSPS) is 19.6. The zero-order valence-corrected chi connectivity index (χ0v) is 13.1. The first kappa shape index (κ1) is 15.9. The van der Waals surface area contributed by atoms with E-state index in [4.69, 9.17) is 4.74 Å². The van der Waals surface area contributed by atoms with Gasteiger partial charge in [-0.25, -0.2) is 4.79 Å². The van der Waals surface area contributed by atoms with Gasteiger partial charge in [-0.2, -0.15) is 0 Å². The summed E-state index contributed by atoms with van der Waals surface area (Å²) in [6, 6.07) is 0. The van der Waals surface area contributed by atoms with Crippen LogP contribution in [0.1, 0.15) is 31.7 Å². The van der Waals surface area contributed by atoms with Crippen molar-refractivity contribution in [3.8, 4) is 0 Å². The molecular weight excluding hydrogens is 268 g/mol. The number of ether oxygens (including phenoxy) is 1. The minimum atomic E-state index is -0.889. The Bertz CT molecular complexity index is 486. The lowest BCUT2D eigenvalue weighted by atomic mass is 9.93. The predicted molar refractivity (Wildman–Crippen MR) is 79.8 cm³/mol. The molecule has 1 aromatic rings. The Labute approximate surface area is 125 Å². The number of hydrogen-bond donors (Lipinski definition) is 1. The molecule has 0 radical (unpaired) electrons. The van der Waals surface area contributed by atoms with Crippen molar-refractivity contribution in [1.29, 1.82) is 0 Å². The molecule has 2 heterocycles. The minimum absolute atomic E-state index is 0.254. The van der Waals surface area contributed by atoms with Crippen molar-refractivity contribution in [3.63, 3.8) is 0 Å². The number of carbonyl (C=O) groups excluding carboxylic acids is 1. The Kier molecular flexibility index (Phi) is 5.25. The number of hydrogen-bond acceptors (Lipinski definition) is 6. The lowest BCUT2D eigenvalue weighted by Crippen LogP contribution is -2.53. The average Bonchev–Trinajstić information content (AvgIpc) is 2.76. The highest BCUT2D eigenvalue weighted by atomic mass is 16.5. The summed E-state index contributed by atoms with van der Waals surface area (Å²) in [5.41, 5.74) is 0.566. The minimum Gasteiger partial charge on any atom is -0.464 e. The van der Waals surface area contributed by atoms with Crippen LogP contribution in [0.2, 0.25) is 0 Å². The quantitative estimate of drug-likeness (QED) is 0.830. The first-order valence-electron chi connectivity index (χ1n) is 7.51. The highest BCUT2D eigenvalue weighted by Gasteiger charge is 2.45. The van der Waals surface area contributed by atoms with Crippen molar-refractivity contribution in [2.24, 2.45) is 0 Å². The molecule has 1 atom stereocenters. The Morgan fingerprint density at radius 3 is 2.86 bits per heavy atom. The average molecular weight is 292 g/mol. The summed E-state index contributed by atoms with van der Waals surface area (Å²) in [6.07, 6.45) is 4.28. The third kappa shape index (κ3) is 3.22. The first-order chi connectivity index (χ1) is 10.1. The smallest absolute Gasteiger partial charge is 0.332 e. The van der Waals surface area contributed by atoms with Gasteiger partial charge in [-0.05, 0) is 33.7 Å². The van der Waals surface area contributed by atoms with Gasteiger partial charge in [0.05, 0.1) is 18.0 Å². The Morgan fingerprint density at radius 1 is 1.38 bits per heavy atom. The monoisotopic (exact) mass is 292 g/mol. The number of aromatic nitrogens is 2. The Balaban J connectivity index is 2.43. The fraction of sp³-hybridized carbons (Fsp3) is 0.667. The third-order valence-corrected chi connectivity index (χ3v) is 3.99. The fourth-order valence-electron chi connectivity index (χ4n) is 2.83. The lowest BCUT2D eigenvalue weighted by Gasteiger charge is -2.38. The summed E-state index contributed by atoms with van der Waals surface area (Å²) >= 11 is 0. The van der Waals surface area contributed by atoms with Gasteiger partial charge < -0.3 is 10.1 Å². The van der Waals surface area contributed by atoms with E-state index in [2.05, 4.69) is 20.2 Å². The van der Waals surface area contributed by atoms with Gasteiger partial charge >= 0.3 is 5.97 Å². The van der Waals surface area contributed by atoms with Crippen molar-refractivity contribution in [1.82, 2.24) is 20.2 Å². The number of nitrogens with one attached hydrogen (secondary N) is 1. The summed E-state index contributed by atoms with van der Waals surface area (Å²) in [7, 11) is 0. The molecule has 116 valence electrons. The molecule has 1 unspecified atom stereocenters. The van der Waals surface area contributed by atoms with E-state index < -0.39 is 5.54 Å². The van der Waals surface area contributed by atoms with E-state index in [1.807, 2.05) is 20.8 Å². The standard InChI is InChI=1S/C15H24N4O2/c1-4-21-14(20)15(3,13-12(2)17-7-8-18-13)19-10-5-6-16-9-11-19/h7-8,16H,4-6,9-11H2,1-3H3. The first-order valence-corrected chi connectivity index (χ1v) is 7.51. The molecule has 6 nitrogen and oxygen atoms in total. The molecule has 0 aliphatic carbocycles. The highest BCUT2D eigenvalue weighted by molar-refractivity contribution is 5.82. The summed E-state index contributed by atoms with van der Waals surface area (Å²) in [6.45, 7) is 9.40. The van der Waals surface area contributed by atoms with Crippen LogP contribution in [0.4, 0.5) is 0 Å². The molecule has 1 aliphatic rings. The van der Waals surface area contributed by atoms with Crippen LogP contribution in [0.3, 0.4) is 0 Å². The maximum absolute atomic E-state index is 12.7. The van der Waals surface area contributed by atoms with Crippen LogP contribution >= 0.6 is 0 Å². The molecule has 0 saturated carbocycles. The second kappa shape index (κ2) is 6.95. The van der Waals surface area contributed by atoms with Crippen LogP contribution in [0, 0.1) is 6.92 Å². The van der Waals surface area contributed by atoms with Gasteiger partial charge in [-0.15, -0.1) is 0 Å². The van der Waals surface area contributed by atoms with Gasteiger partial charge in [0.2, 0.25) is 0 Å². The maximum Gasteiger partial charge on any atom is 0.332 e. The summed E-state index contributed by atoms with van der Waals surface area (Å²) in [4.78, 5) is 23.6. The number of nitrogens with zero attached hydrogens (tertiary/aromatic N) is 3. The summed E-state index contributed by atoms with van der Waals surface area (Å²) in [5, 5.41) is 3.36. The van der Waals surface area contributed by atoms with Crippen LogP contribution in [0.25, 0.3) is 0 Å². The fourth-order valence-corrected chi connectivity index (χ4v) is 2.83. The third-order valence-electron chi connectivity index (χ3n) is 3.99. The zero-order valence-electron chi connectivity index (χ0n) is 13.1. The largest absolute Gasteiger partial charge is 0.464 e. The molecule has 2 rings (SSSR count). The van der Waals surface area contributed by atoms with Crippen molar-refractivity contribution < 1.29 is 9.53 Å². The van der Waals surface area contributed by atoms with Crippen molar-refractivity contribution in [2.75, 3.05) is 32.8 Å². The molecule has 21 heavy (non-hydrogen) atoms. The van der Waals surface area contributed by atoms with Gasteiger partial charge in [-0.3, -0.25) is 14.9 Å². The highest BCUT2D eigenvalue weighted by Crippen LogP contribution is 2.30. The van der Waals surface area contributed by atoms with E-state index in [1.165, 1.54) is 0 Å².